The van der Waals surface area contributed by atoms with Gasteiger partial charge in [-0.2, -0.15) is 0 Å². The first-order chi connectivity index (χ1) is 10.7. The monoisotopic (exact) mass is 306 g/mol. The number of methoxy groups -OCH3 is 1. The maximum Gasteiger partial charge on any atom is 0.118 e. The lowest BCUT2D eigenvalue weighted by atomic mass is 10.2. The minimum absolute atomic E-state index is 0.0798. The third-order valence-corrected chi connectivity index (χ3v) is 3.78. The van der Waals surface area contributed by atoms with Gasteiger partial charge < -0.3 is 18.9 Å². The average molecular weight is 306 g/mol. The van der Waals surface area contributed by atoms with Gasteiger partial charge >= 0.3 is 0 Å². The molecule has 0 spiro atoms. The number of benzene rings is 1. The van der Waals surface area contributed by atoms with Crippen molar-refractivity contribution in [3.63, 3.8) is 0 Å². The van der Waals surface area contributed by atoms with Gasteiger partial charge in [-0.1, -0.05) is 24.3 Å². The van der Waals surface area contributed by atoms with Crippen LogP contribution in [0.3, 0.4) is 0 Å². The Kier molecular flexibility index (Phi) is 6.90. The van der Waals surface area contributed by atoms with E-state index >= 15 is 0 Å². The van der Waals surface area contributed by atoms with E-state index < -0.39 is 0 Å². The highest BCUT2D eigenvalue weighted by Gasteiger charge is 2.31. The van der Waals surface area contributed by atoms with Gasteiger partial charge in [-0.15, -0.1) is 0 Å². The Hall–Kier alpha value is -1.36. The van der Waals surface area contributed by atoms with Crippen molar-refractivity contribution >= 4 is 0 Å². The molecule has 22 heavy (non-hydrogen) atoms. The van der Waals surface area contributed by atoms with Crippen molar-refractivity contribution in [2.45, 2.75) is 38.6 Å². The molecule has 0 aromatic heterocycles. The fourth-order valence-corrected chi connectivity index (χ4v) is 2.58. The number of hydrogen-bond acceptors (Lipinski definition) is 4. The van der Waals surface area contributed by atoms with Crippen LogP contribution in [0.4, 0.5) is 0 Å². The smallest absolute Gasteiger partial charge is 0.118 e. The second-order valence-corrected chi connectivity index (χ2v) is 5.46. The van der Waals surface area contributed by atoms with Crippen molar-refractivity contribution in [3.8, 4) is 5.75 Å². The molecule has 0 unspecified atom stereocenters. The first-order valence-corrected chi connectivity index (χ1v) is 7.83. The minimum Gasteiger partial charge on any atom is -0.497 e. The zero-order valence-electron chi connectivity index (χ0n) is 13.5. The summed E-state index contributed by atoms with van der Waals surface area (Å²) in [7, 11) is 1.67. The van der Waals surface area contributed by atoms with Crippen molar-refractivity contribution in [3.05, 3.63) is 42.0 Å². The lowest BCUT2D eigenvalue weighted by Crippen LogP contribution is -2.27. The molecule has 1 aromatic carbocycles. The summed E-state index contributed by atoms with van der Waals surface area (Å²) in [6.45, 7) is 8.59. The summed E-state index contributed by atoms with van der Waals surface area (Å²) in [5, 5.41) is 0. The van der Waals surface area contributed by atoms with Crippen LogP contribution in [0, 0.1) is 0 Å². The molecule has 122 valence electrons. The largest absolute Gasteiger partial charge is 0.497 e. The number of hydrogen-bond donors (Lipinski definition) is 0. The molecule has 0 saturated heterocycles. The molecule has 2 rings (SSSR count). The Balaban J connectivity index is 1.79. The van der Waals surface area contributed by atoms with Gasteiger partial charge in [0.15, 0.2) is 0 Å². The second-order valence-electron chi connectivity index (χ2n) is 5.46. The lowest BCUT2D eigenvalue weighted by Gasteiger charge is -2.20. The first-order valence-electron chi connectivity index (χ1n) is 7.83. The quantitative estimate of drug-likeness (QED) is 0.518. The van der Waals surface area contributed by atoms with Gasteiger partial charge in [0.05, 0.1) is 39.1 Å². The van der Waals surface area contributed by atoms with E-state index in [1.807, 2.05) is 31.2 Å². The molecular weight excluding hydrogens is 280 g/mol. The minimum atomic E-state index is 0.0798. The van der Waals surface area contributed by atoms with Crippen LogP contribution in [0.5, 0.6) is 5.75 Å². The standard InChI is InChI=1S/C18H26O4/c1-4-20-9-10-21-17-11-14(2)12-18(17)22-13-15-5-7-16(19-3)8-6-15/h5-8,17-18H,2,4,9-13H2,1,3H3/t17-,18-/m1/s1. The van der Waals surface area contributed by atoms with E-state index in [-0.39, 0.29) is 12.2 Å². The highest BCUT2D eigenvalue weighted by molar-refractivity contribution is 5.26. The van der Waals surface area contributed by atoms with Crippen LogP contribution >= 0.6 is 0 Å². The summed E-state index contributed by atoms with van der Waals surface area (Å²) in [5.74, 6) is 0.857. The Morgan fingerprint density at radius 3 is 2.36 bits per heavy atom. The van der Waals surface area contributed by atoms with Crippen molar-refractivity contribution < 1.29 is 18.9 Å². The summed E-state index contributed by atoms with van der Waals surface area (Å²) in [6, 6.07) is 7.94. The van der Waals surface area contributed by atoms with E-state index in [2.05, 4.69) is 6.58 Å². The molecule has 4 nitrogen and oxygen atoms in total. The van der Waals surface area contributed by atoms with Crippen LogP contribution in [0.1, 0.15) is 25.3 Å². The number of ether oxygens (including phenoxy) is 4. The molecule has 2 atom stereocenters. The van der Waals surface area contributed by atoms with Crippen molar-refractivity contribution in [1.29, 1.82) is 0 Å². The van der Waals surface area contributed by atoms with Crippen molar-refractivity contribution in [2.75, 3.05) is 26.9 Å². The molecule has 1 aliphatic carbocycles. The zero-order valence-corrected chi connectivity index (χ0v) is 13.5. The van der Waals surface area contributed by atoms with Crippen LogP contribution in [-0.4, -0.2) is 39.1 Å². The fraction of sp³-hybridized carbons (Fsp3) is 0.556. The Morgan fingerprint density at radius 1 is 1.05 bits per heavy atom. The van der Waals surface area contributed by atoms with Crippen LogP contribution in [0.15, 0.2) is 36.4 Å². The molecule has 0 aliphatic heterocycles. The van der Waals surface area contributed by atoms with Gasteiger partial charge in [-0.3, -0.25) is 0 Å². The first kappa shape index (κ1) is 17.0. The highest BCUT2D eigenvalue weighted by atomic mass is 16.6. The second kappa shape index (κ2) is 8.93. The van der Waals surface area contributed by atoms with Gasteiger partial charge in [0, 0.05) is 6.61 Å². The Bertz CT molecular complexity index is 455. The van der Waals surface area contributed by atoms with Crippen LogP contribution in [0.25, 0.3) is 0 Å². The molecular formula is C18H26O4. The van der Waals surface area contributed by atoms with Gasteiger partial charge in [-0.05, 0) is 37.5 Å². The predicted octanol–water partition coefficient (Wildman–Crippen LogP) is 3.35. The van der Waals surface area contributed by atoms with Crippen molar-refractivity contribution in [2.24, 2.45) is 0 Å². The van der Waals surface area contributed by atoms with E-state index in [1.54, 1.807) is 7.11 Å². The van der Waals surface area contributed by atoms with Gasteiger partial charge in [0.25, 0.3) is 0 Å². The Morgan fingerprint density at radius 2 is 1.73 bits per heavy atom. The molecule has 1 saturated carbocycles. The molecule has 0 bridgehead atoms. The lowest BCUT2D eigenvalue weighted by molar-refractivity contribution is -0.0738. The summed E-state index contributed by atoms with van der Waals surface area (Å²) in [6.07, 6.45) is 1.91. The van der Waals surface area contributed by atoms with E-state index in [4.69, 9.17) is 18.9 Å². The zero-order chi connectivity index (χ0) is 15.8. The van der Waals surface area contributed by atoms with Gasteiger partial charge in [0.2, 0.25) is 0 Å². The fourth-order valence-electron chi connectivity index (χ4n) is 2.58. The van der Waals surface area contributed by atoms with Crippen LogP contribution in [-0.2, 0) is 20.8 Å². The maximum atomic E-state index is 6.04. The predicted molar refractivity (Wildman–Crippen MR) is 86.2 cm³/mol. The van der Waals surface area contributed by atoms with Gasteiger partial charge in [-0.25, -0.2) is 0 Å². The van der Waals surface area contributed by atoms with E-state index in [9.17, 15) is 0 Å². The molecule has 0 radical (unpaired) electrons. The Labute approximate surface area is 133 Å². The third kappa shape index (κ3) is 5.13. The summed E-state index contributed by atoms with van der Waals surface area (Å²) in [5.41, 5.74) is 2.33. The molecule has 1 aromatic rings. The maximum absolute atomic E-state index is 6.04. The molecule has 0 N–H and O–H groups in total. The molecule has 1 fully saturated rings. The molecule has 0 amide bonds. The molecule has 1 aliphatic rings. The van der Waals surface area contributed by atoms with Gasteiger partial charge in [0.1, 0.15) is 5.75 Å². The van der Waals surface area contributed by atoms with Crippen LogP contribution in [0.2, 0.25) is 0 Å². The summed E-state index contributed by atoms with van der Waals surface area (Å²) < 4.78 is 22.4. The molecule has 4 heteroatoms. The van der Waals surface area contributed by atoms with E-state index in [1.165, 1.54) is 5.57 Å². The van der Waals surface area contributed by atoms with E-state index in [0.29, 0.717) is 19.8 Å². The topological polar surface area (TPSA) is 36.9 Å². The molecule has 0 heterocycles. The van der Waals surface area contributed by atoms with Crippen molar-refractivity contribution in [1.82, 2.24) is 0 Å². The SMILES string of the molecule is C=C1C[C@@H](OCCOCC)[C@H](OCc2ccc(OC)cc2)C1. The number of rotatable bonds is 9. The summed E-state index contributed by atoms with van der Waals surface area (Å²) >= 11 is 0. The summed E-state index contributed by atoms with van der Waals surface area (Å²) in [4.78, 5) is 0. The normalized spacial score (nSPS) is 21.3. The highest BCUT2D eigenvalue weighted by Crippen LogP contribution is 2.29. The third-order valence-electron chi connectivity index (χ3n) is 3.78. The van der Waals surface area contributed by atoms with E-state index in [0.717, 1.165) is 30.8 Å². The average Bonchev–Trinajstić information content (AvgIpc) is 2.90. The van der Waals surface area contributed by atoms with Crippen LogP contribution < -0.4 is 4.74 Å².